The average Bonchev–Trinajstić information content (AvgIpc) is 2.32. The summed E-state index contributed by atoms with van der Waals surface area (Å²) in [6.45, 7) is 4.63. The molecule has 0 spiro atoms. The maximum Gasteiger partial charge on any atom is 0.335 e. The Bertz CT molecular complexity index is 392. The quantitative estimate of drug-likeness (QED) is 0.228. The minimum atomic E-state index is -0.846. The second-order valence-corrected chi connectivity index (χ2v) is 13.2. The first-order valence-electron chi connectivity index (χ1n) is 7.65. The first kappa shape index (κ1) is 18.3. The largest absolute Gasteiger partial charge is 0.463 e. The molecule has 2 bridgehead atoms. The van der Waals surface area contributed by atoms with Crippen molar-refractivity contribution < 1.29 is 14.6 Å². The molecule has 0 saturated heterocycles. The van der Waals surface area contributed by atoms with Crippen LogP contribution in [-0.2, 0) is 9.53 Å². The van der Waals surface area contributed by atoms with Crippen molar-refractivity contribution in [2.24, 2.45) is 17.3 Å². The number of carbonyl (C=O) groups is 1. The van der Waals surface area contributed by atoms with Crippen molar-refractivity contribution in [3.05, 3.63) is 0 Å². The van der Waals surface area contributed by atoms with Crippen LogP contribution in [0.25, 0.3) is 0 Å². The van der Waals surface area contributed by atoms with Crippen LogP contribution in [0.4, 0.5) is 0 Å². The molecule has 2 aliphatic rings. The van der Waals surface area contributed by atoms with Crippen molar-refractivity contribution in [3.8, 4) is 0 Å². The third-order valence-corrected chi connectivity index (χ3v) is 5.97. The molecule has 0 heterocycles. The van der Waals surface area contributed by atoms with E-state index in [9.17, 15) is 9.90 Å². The van der Waals surface area contributed by atoms with Gasteiger partial charge in [-0.15, -0.1) is 12.6 Å². The van der Waals surface area contributed by atoms with E-state index in [4.69, 9.17) is 4.74 Å². The van der Waals surface area contributed by atoms with Gasteiger partial charge in [0.05, 0.1) is 12.2 Å². The standard InChI is InChI=1S/C15H26IO3PS/c1-3-14(9-19-12(17)15(16,20)21)7-10-4-11(8-14)6-13(2,18)5-10/h10-11,18,21H,3-9,20H2,1-2H3. The van der Waals surface area contributed by atoms with Gasteiger partial charge in [-0.05, 0) is 79.9 Å². The Morgan fingerprint density at radius 2 is 1.95 bits per heavy atom. The first-order valence-corrected chi connectivity index (χ1v) is 9.75. The molecule has 0 aromatic heterocycles. The zero-order valence-electron chi connectivity index (χ0n) is 12.8. The van der Waals surface area contributed by atoms with E-state index in [0.29, 0.717) is 18.4 Å². The van der Waals surface area contributed by atoms with E-state index in [1.807, 2.05) is 29.5 Å². The Hall–Kier alpha value is 0.940. The van der Waals surface area contributed by atoms with Gasteiger partial charge in [-0.2, -0.15) is 0 Å². The van der Waals surface area contributed by atoms with Crippen LogP contribution in [0.1, 0.15) is 52.4 Å². The molecular weight excluding hydrogens is 418 g/mol. The van der Waals surface area contributed by atoms with E-state index in [0.717, 1.165) is 32.1 Å². The number of thiol groups is 1. The molecule has 6 heteroatoms. The summed E-state index contributed by atoms with van der Waals surface area (Å²) in [5, 5.41) is 10.3. The number of alkyl halides is 1. The Morgan fingerprint density at radius 1 is 1.43 bits per heavy atom. The lowest BCUT2D eigenvalue weighted by Gasteiger charge is -2.50. The number of hydrogen-bond donors (Lipinski definition) is 2. The molecule has 3 nitrogen and oxygen atoms in total. The predicted molar refractivity (Wildman–Crippen MR) is 99.8 cm³/mol. The van der Waals surface area contributed by atoms with Crippen molar-refractivity contribution in [2.45, 2.75) is 60.5 Å². The number of aliphatic hydroxyl groups is 1. The minimum Gasteiger partial charge on any atom is -0.463 e. The molecule has 1 N–H and O–H groups in total. The average molecular weight is 444 g/mol. The number of halogens is 1. The molecule has 0 radical (unpaired) electrons. The molecule has 0 aromatic rings. The van der Waals surface area contributed by atoms with Crippen molar-refractivity contribution in [2.75, 3.05) is 6.61 Å². The molecule has 2 fully saturated rings. The van der Waals surface area contributed by atoms with Gasteiger partial charge in [-0.25, -0.2) is 4.79 Å². The monoisotopic (exact) mass is 444 g/mol. The Labute approximate surface area is 149 Å². The van der Waals surface area contributed by atoms with Crippen molar-refractivity contribution >= 4 is 50.4 Å². The van der Waals surface area contributed by atoms with Crippen LogP contribution in [0.2, 0.25) is 0 Å². The van der Waals surface area contributed by atoms with E-state index in [2.05, 4.69) is 28.8 Å². The van der Waals surface area contributed by atoms with Gasteiger partial charge in [0.25, 0.3) is 0 Å². The van der Waals surface area contributed by atoms with Gasteiger partial charge in [0.15, 0.2) is 2.49 Å². The molecular formula is C15H26IO3PS. The number of fused-ring (bicyclic) bond motifs is 2. The van der Waals surface area contributed by atoms with E-state index < -0.39 is 8.10 Å². The summed E-state index contributed by atoms with van der Waals surface area (Å²) < 4.78 is 4.70. The van der Waals surface area contributed by atoms with Gasteiger partial charge in [-0.3, -0.25) is 0 Å². The fraction of sp³-hybridized carbons (Fsp3) is 0.933. The highest BCUT2D eigenvalue weighted by molar-refractivity contribution is 14.1. The molecule has 4 unspecified atom stereocenters. The highest BCUT2D eigenvalue weighted by Gasteiger charge is 2.47. The molecule has 21 heavy (non-hydrogen) atoms. The zero-order chi connectivity index (χ0) is 15.9. The number of ether oxygens (including phenoxy) is 1. The third kappa shape index (κ3) is 4.71. The Kier molecular flexibility index (Phi) is 5.61. The lowest BCUT2D eigenvalue weighted by Crippen LogP contribution is -2.46. The summed E-state index contributed by atoms with van der Waals surface area (Å²) >= 11 is 6.20. The summed E-state index contributed by atoms with van der Waals surface area (Å²) in [7, 11) is 2.40. The van der Waals surface area contributed by atoms with Gasteiger partial charge in [-0.1, -0.05) is 16.2 Å². The number of rotatable bonds is 4. The molecule has 4 atom stereocenters. The maximum atomic E-state index is 11.9. The molecule has 2 saturated carbocycles. The lowest BCUT2D eigenvalue weighted by atomic mass is 9.57. The second kappa shape index (κ2) is 6.45. The number of carbonyl (C=O) groups excluding carboxylic acids is 1. The van der Waals surface area contributed by atoms with E-state index in [1.165, 1.54) is 6.42 Å². The van der Waals surface area contributed by atoms with E-state index in [-0.39, 0.29) is 11.4 Å². The van der Waals surface area contributed by atoms with Crippen LogP contribution in [0.5, 0.6) is 0 Å². The van der Waals surface area contributed by atoms with Crippen molar-refractivity contribution in [1.82, 2.24) is 0 Å². The topological polar surface area (TPSA) is 46.5 Å². The van der Waals surface area contributed by atoms with Crippen LogP contribution in [0.3, 0.4) is 0 Å². The van der Waals surface area contributed by atoms with Crippen molar-refractivity contribution in [1.29, 1.82) is 0 Å². The minimum absolute atomic E-state index is 0.0834. The zero-order valence-corrected chi connectivity index (χ0v) is 17.0. The van der Waals surface area contributed by atoms with Gasteiger partial charge in [0.1, 0.15) is 0 Å². The fourth-order valence-electron chi connectivity index (χ4n) is 4.41. The number of hydrogen-bond acceptors (Lipinski definition) is 4. The molecule has 0 aliphatic heterocycles. The SMILES string of the molecule is CCC1(COC(=O)C(P)(S)I)CC2CC(CC(C)(O)C2)C1. The van der Waals surface area contributed by atoms with Crippen LogP contribution in [-0.4, -0.2) is 25.8 Å². The Morgan fingerprint density at radius 3 is 2.38 bits per heavy atom. The number of esters is 1. The van der Waals surface area contributed by atoms with E-state index >= 15 is 0 Å². The Balaban J connectivity index is 2.02. The van der Waals surface area contributed by atoms with Crippen LogP contribution in [0, 0.1) is 17.3 Å². The van der Waals surface area contributed by atoms with Crippen molar-refractivity contribution in [3.63, 3.8) is 0 Å². The van der Waals surface area contributed by atoms with Gasteiger partial charge in [0, 0.05) is 5.41 Å². The third-order valence-electron chi connectivity index (χ3n) is 5.11. The summed E-state index contributed by atoms with van der Waals surface area (Å²) in [4.78, 5) is 11.9. The van der Waals surface area contributed by atoms with Crippen LogP contribution < -0.4 is 0 Å². The predicted octanol–water partition coefficient (Wildman–Crippen LogP) is 3.78. The first-order chi connectivity index (χ1) is 9.55. The summed E-state index contributed by atoms with van der Waals surface area (Å²) in [6, 6.07) is 0. The fourth-order valence-corrected chi connectivity index (χ4v) is 4.72. The molecule has 2 rings (SSSR count). The molecule has 2 aliphatic carbocycles. The highest BCUT2D eigenvalue weighted by atomic mass is 127. The van der Waals surface area contributed by atoms with Crippen LogP contribution in [0.15, 0.2) is 0 Å². The molecule has 0 aromatic carbocycles. The van der Waals surface area contributed by atoms with E-state index in [1.54, 1.807) is 0 Å². The van der Waals surface area contributed by atoms with Gasteiger partial charge in [0.2, 0.25) is 0 Å². The normalized spacial score (nSPS) is 42.2. The van der Waals surface area contributed by atoms with Crippen LogP contribution >= 0.6 is 44.5 Å². The maximum absolute atomic E-state index is 11.9. The summed E-state index contributed by atoms with van der Waals surface area (Å²) in [6.07, 6.45) is 6.12. The highest BCUT2D eigenvalue weighted by Crippen LogP contribution is 2.53. The van der Waals surface area contributed by atoms with Gasteiger partial charge < -0.3 is 9.84 Å². The smallest absolute Gasteiger partial charge is 0.335 e. The lowest BCUT2D eigenvalue weighted by molar-refractivity contribution is -0.149. The second-order valence-electron chi connectivity index (χ2n) is 7.38. The molecule has 0 amide bonds. The molecule has 122 valence electrons. The van der Waals surface area contributed by atoms with Gasteiger partial charge >= 0.3 is 5.97 Å². The summed E-state index contributed by atoms with van der Waals surface area (Å²) in [5.41, 5.74) is -0.424. The summed E-state index contributed by atoms with van der Waals surface area (Å²) in [5.74, 6) is 0.831.